The van der Waals surface area contributed by atoms with Crippen LogP contribution in [0, 0.1) is 11.7 Å². The standard InChI is InChI=1S/C18H25FN2/c1-12(2)10-20-11-13-8-17(18(3,4)5)21-16-7-6-14(19)9-15(13)16/h6-9,12,20H,10-11H2,1-5H3. The van der Waals surface area contributed by atoms with Crippen molar-refractivity contribution in [2.24, 2.45) is 5.92 Å². The monoisotopic (exact) mass is 288 g/mol. The summed E-state index contributed by atoms with van der Waals surface area (Å²) in [6, 6.07) is 6.94. The molecule has 1 aromatic heterocycles. The second-order valence-electron chi connectivity index (χ2n) is 7.10. The highest BCUT2D eigenvalue weighted by molar-refractivity contribution is 5.82. The topological polar surface area (TPSA) is 24.9 Å². The van der Waals surface area contributed by atoms with Crippen LogP contribution < -0.4 is 5.32 Å². The number of rotatable bonds is 4. The van der Waals surface area contributed by atoms with Crippen LogP contribution in [-0.4, -0.2) is 11.5 Å². The first-order valence-electron chi connectivity index (χ1n) is 7.58. The first-order chi connectivity index (χ1) is 9.77. The van der Waals surface area contributed by atoms with Crippen molar-refractivity contribution in [3.8, 4) is 0 Å². The molecular formula is C18H25FN2. The minimum Gasteiger partial charge on any atom is -0.312 e. The number of halogens is 1. The summed E-state index contributed by atoms with van der Waals surface area (Å²) >= 11 is 0. The van der Waals surface area contributed by atoms with Gasteiger partial charge in [0.2, 0.25) is 0 Å². The summed E-state index contributed by atoms with van der Waals surface area (Å²) in [5.41, 5.74) is 3.01. The molecule has 0 atom stereocenters. The van der Waals surface area contributed by atoms with Gasteiger partial charge in [-0.1, -0.05) is 34.6 Å². The molecular weight excluding hydrogens is 263 g/mol. The van der Waals surface area contributed by atoms with Gasteiger partial charge in [-0.25, -0.2) is 4.39 Å². The molecule has 0 aliphatic rings. The van der Waals surface area contributed by atoms with Gasteiger partial charge in [0.05, 0.1) is 5.52 Å². The zero-order valence-corrected chi connectivity index (χ0v) is 13.6. The van der Waals surface area contributed by atoms with Crippen molar-refractivity contribution in [1.29, 1.82) is 0 Å². The lowest BCUT2D eigenvalue weighted by Crippen LogP contribution is -2.20. The van der Waals surface area contributed by atoms with Crippen LogP contribution in [0.1, 0.15) is 45.9 Å². The van der Waals surface area contributed by atoms with Crippen molar-refractivity contribution in [2.45, 2.75) is 46.6 Å². The number of nitrogens with one attached hydrogen (secondary N) is 1. The van der Waals surface area contributed by atoms with Crippen LogP contribution in [0.15, 0.2) is 24.3 Å². The van der Waals surface area contributed by atoms with Gasteiger partial charge in [0, 0.05) is 23.0 Å². The molecule has 114 valence electrons. The van der Waals surface area contributed by atoms with Crippen molar-refractivity contribution >= 4 is 10.9 Å². The molecule has 0 aliphatic carbocycles. The molecule has 1 N–H and O–H groups in total. The van der Waals surface area contributed by atoms with Crippen LogP contribution in [0.3, 0.4) is 0 Å². The predicted octanol–water partition coefficient (Wildman–Crippen LogP) is 4.42. The smallest absolute Gasteiger partial charge is 0.123 e. The first kappa shape index (κ1) is 15.9. The molecule has 0 amide bonds. The molecule has 1 heterocycles. The maximum Gasteiger partial charge on any atom is 0.123 e. The summed E-state index contributed by atoms with van der Waals surface area (Å²) in [7, 11) is 0. The Kier molecular flexibility index (Phi) is 4.62. The minimum atomic E-state index is -0.210. The molecule has 21 heavy (non-hydrogen) atoms. The predicted molar refractivity (Wildman–Crippen MR) is 86.9 cm³/mol. The Bertz CT molecular complexity index is 627. The molecule has 1 aromatic carbocycles. The zero-order chi connectivity index (χ0) is 15.6. The number of pyridine rings is 1. The van der Waals surface area contributed by atoms with Gasteiger partial charge in [-0.15, -0.1) is 0 Å². The van der Waals surface area contributed by atoms with Crippen molar-refractivity contribution in [1.82, 2.24) is 10.3 Å². The fourth-order valence-corrected chi connectivity index (χ4v) is 2.29. The van der Waals surface area contributed by atoms with Gasteiger partial charge in [0.1, 0.15) is 5.82 Å². The third-order valence-corrected chi connectivity index (χ3v) is 3.49. The quantitative estimate of drug-likeness (QED) is 0.901. The van der Waals surface area contributed by atoms with Crippen molar-refractivity contribution < 1.29 is 4.39 Å². The molecule has 2 aromatic rings. The highest BCUT2D eigenvalue weighted by Crippen LogP contribution is 2.26. The minimum absolute atomic E-state index is 0.0185. The van der Waals surface area contributed by atoms with E-state index in [1.54, 1.807) is 12.1 Å². The van der Waals surface area contributed by atoms with Crippen LogP contribution in [-0.2, 0) is 12.0 Å². The van der Waals surface area contributed by atoms with Crippen molar-refractivity contribution in [3.05, 3.63) is 41.3 Å². The molecule has 2 rings (SSSR count). The van der Waals surface area contributed by atoms with E-state index in [0.717, 1.165) is 35.2 Å². The van der Waals surface area contributed by atoms with E-state index in [1.165, 1.54) is 6.07 Å². The fraction of sp³-hybridized carbons (Fsp3) is 0.500. The number of hydrogen-bond acceptors (Lipinski definition) is 2. The van der Waals surface area contributed by atoms with Crippen LogP contribution in [0.25, 0.3) is 10.9 Å². The molecule has 0 bridgehead atoms. The Hall–Kier alpha value is -1.48. The Balaban J connectivity index is 2.45. The van der Waals surface area contributed by atoms with Gasteiger partial charge in [0.25, 0.3) is 0 Å². The van der Waals surface area contributed by atoms with E-state index < -0.39 is 0 Å². The average molecular weight is 288 g/mol. The summed E-state index contributed by atoms with van der Waals surface area (Å²) in [6.45, 7) is 12.5. The first-order valence-corrected chi connectivity index (χ1v) is 7.58. The maximum atomic E-state index is 13.6. The van der Waals surface area contributed by atoms with Crippen LogP contribution in [0.4, 0.5) is 4.39 Å². The third kappa shape index (κ3) is 4.01. The highest BCUT2D eigenvalue weighted by Gasteiger charge is 2.18. The maximum absolute atomic E-state index is 13.6. The van der Waals surface area contributed by atoms with Gasteiger partial charge < -0.3 is 5.32 Å². The van der Waals surface area contributed by atoms with E-state index in [-0.39, 0.29) is 11.2 Å². The molecule has 2 nitrogen and oxygen atoms in total. The molecule has 0 saturated heterocycles. The molecule has 3 heteroatoms. The molecule has 0 radical (unpaired) electrons. The van der Waals surface area contributed by atoms with Gasteiger partial charge in [-0.3, -0.25) is 4.98 Å². The van der Waals surface area contributed by atoms with E-state index in [9.17, 15) is 4.39 Å². The van der Waals surface area contributed by atoms with E-state index in [4.69, 9.17) is 4.98 Å². The number of benzene rings is 1. The zero-order valence-electron chi connectivity index (χ0n) is 13.6. The molecule has 0 aliphatic heterocycles. The van der Waals surface area contributed by atoms with E-state index in [0.29, 0.717) is 5.92 Å². The summed E-state index contributed by atoms with van der Waals surface area (Å²) < 4.78 is 13.6. The van der Waals surface area contributed by atoms with Crippen molar-refractivity contribution in [3.63, 3.8) is 0 Å². The van der Waals surface area contributed by atoms with Gasteiger partial charge in [0.15, 0.2) is 0 Å². The molecule has 0 saturated carbocycles. The number of nitrogens with zero attached hydrogens (tertiary/aromatic N) is 1. The van der Waals surface area contributed by atoms with Crippen LogP contribution in [0.2, 0.25) is 0 Å². The molecule has 0 fully saturated rings. The fourth-order valence-electron chi connectivity index (χ4n) is 2.29. The second kappa shape index (κ2) is 6.10. The highest BCUT2D eigenvalue weighted by atomic mass is 19.1. The Morgan fingerprint density at radius 3 is 2.52 bits per heavy atom. The van der Waals surface area contributed by atoms with Gasteiger partial charge >= 0.3 is 0 Å². The Morgan fingerprint density at radius 1 is 1.19 bits per heavy atom. The number of aromatic nitrogens is 1. The van der Waals surface area contributed by atoms with Crippen LogP contribution in [0.5, 0.6) is 0 Å². The number of hydrogen-bond donors (Lipinski definition) is 1. The Morgan fingerprint density at radius 2 is 1.90 bits per heavy atom. The summed E-state index contributed by atoms with van der Waals surface area (Å²) in [5.74, 6) is 0.384. The lowest BCUT2D eigenvalue weighted by Gasteiger charge is -2.20. The van der Waals surface area contributed by atoms with Gasteiger partial charge in [-0.05, 0) is 42.3 Å². The lowest BCUT2D eigenvalue weighted by molar-refractivity contribution is 0.548. The summed E-state index contributed by atoms with van der Waals surface area (Å²) in [5, 5.41) is 4.34. The lowest BCUT2D eigenvalue weighted by atomic mass is 9.90. The number of fused-ring (bicyclic) bond motifs is 1. The molecule has 0 unspecified atom stereocenters. The SMILES string of the molecule is CC(C)CNCc1cc(C(C)(C)C)nc2ccc(F)cc12. The van der Waals surface area contributed by atoms with Gasteiger partial charge in [-0.2, -0.15) is 0 Å². The Labute approximate surface area is 126 Å². The molecule has 0 spiro atoms. The normalized spacial score (nSPS) is 12.3. The van der Waals surface area contributed by atoms with E-state index >= 15 is 0 Å². The van der Waals surface area contributed by atoms with Crippen molar-refractivity contribution in [2.75, 3.05) is 6.54 Å². The largest absolute Gasteiger partial charge is 0.312 e. The summed E-state index contributed by atoms with van der Waals surface area (Å²) in [4.78, 5) is 4.70. The van der Waals surface area contributed by atoms with E-state index in [2.05, 4.69) is 46.0 Å². The van der Waals surface area contributed by atoms with E-state index in [1.807, 2.05) is 0 Å². The third-order valence-electron chi connectivity index (χ3n) is 3.49. The second-order valence-corrected chi connectivity index (χ2v) is 7.10. The average Bonchev–Trinajstić information content (AvgIpc) is 2.37. The van der Waals surface area contributed by atoms with Crippen LogP contribution >= 0.6 is 0 Å². The summed E-state index contributed by atoms with van der Waals surface area (Å²) in [6.07, 6.45) is 0.